The zero-order valence-corrected chi connectivity index (χ0v) is 12.5. The summed E-state index contributed by atoms with van der Waals surface area (Å²) in [5.74, 6) is -0.933. The minimum Gasteiger partial charge on any atom is -0.480 e. The second kappa shape index (κ2) is 6.02. The highest BCUT2D eigenvalue weighted by atomic mass is 16.4. The number of rotatable bonds is 4. The molecule has 5 heteroatoms. The van der Waals surface area contributed by atoms with Crippen molar-refractivity contribution in [3.63, 3.8) is 0 Å². The maximum Gasteiger partial charge on any atom is 0.323 e. The molecular weight excluding hydrogens is 256 g/mol. The number of carbonyl (C=O) groups is 2. The Balaban J connectivity index is 2.00. The minimum absolute atomic E-state index is 0.0932. The van der Waals surface area contributed by atoms with Crippen LogP contribution in [0.5, 0.6) is 0 Å². The third-order valence-corrected chi connectivity index (χ3v) is 4.89. The normalized spacial score (nSPS) is 25.6. The van der Waals surface area contributed by atoms with Gasteiger partial charge in [0.25, 0.3) is 0 Å². The van der Waals surface area contributed by atoms with E-state index < -0.39 is 5.97 Å². The quantitative estimate of drug-likeness (QED) is 0.832. The van der Waals surface area contributed by atoms with E-state index in [1.54, 1.807) is 0 Å². The first-order chi connectivity index (χ1) is 9.40. The number of hydrogen-bond donors (Lipinski definition) is 2. The lowest BCUT2D eigenvalue weighted by atomic mass is 9.87. The van der Waals surface area contributed by atoms with Crippen LogP contribution in [-0.2, 0) is 4.79 Å². The van der Waals surface area contributed by atoms with Crippen molar-refractivity contribution in [3.8, 4) is 0 Å². The first kappa shape index (κ1) is 15.1. The predicted octanol–water partition coefficient (Wildman–Crippen LogP) is 2.60. The molecule has 0 aromatic heterocycles. The number of aliphatic carboxylic acids is 1. The van der Waals surface area contributed by atoms with E-state index in [4.69, 9.17) is 5.11 Å². The molecule has 0 spiro atoms. The number of urea groups is 1. The smallest absolute Gasteiger partial charge is 0.323 e. The maximum absolute atomic E-state index is 12.5. The summed E-state index contributed by atoms with van der Waals surface area (Å²) in [6.07, 6.45) is 7.25. The van der Waals surface area contributed by atoms with Gasteiger partial charge in [-0.1, -0.05) is 33.1 Å². The average Bonchev–Trinajstić information content (AvgIpc) is 2.96. The van der Waals surface area contributed by atoms with Gasteiger partial charge in [-0.05, 0) is 31.1 Å². The zero-order chi connectivity index (χ0) is 14.8. The molecule has 2 aliphatic rings. The lowest BCUT2D eigenvalue weighted by molar-refractivity contribution is -0.138. The van der Waals surface area contributed by atoms with Crippen molar-refractivity contribution < 1.29 is 14.7 Å². The van der Waals surface area contributed by atoms with Crippen LogP contribution in [-0.4, -0.2) is 40.6 Å². The van der Waals surface area contributed by atoms with Crippen LogP contribution in [0.1, 0.15) is 58.8 Å². The molecule has 20 heavy (non-hydrogen) atoms. The second-order valence-corrected chi connectivity index (χ2v) is 6.84. The molecule has 1 atom stereocenters. The van der Waals surface area contributed by atoms with Crippen molar-refractivity contribution in [1.29, 1.82) is 0 Å². The lowest BCUT2D eigenvalue weighted by Gasteiger charge is -2.33. The predicted molar refractivity (Wildman–Crippen MR) is 76.5 cm³/mol. The van der Waals surface area contributed by atoms with E-state index in [1.165, 1.54) is 4.90 Å². The molecule has 0 saturated heterocycles. The molecule has 1 unspecified atom stereocenters. The molecule has 0 aromatic carbocycles. The Bertz CT molecular complexity index is 375. The van der Waals surface area contributed by atoms with E-state index in [-0.39, 0.29) is 30.1 Å². The number of carboxylic acids is 1. The molecule has 2 N–H and O–H groups in total. The summed E-state index contributed by atoms with van der Waals surface area (Å²) < 4.78 is 0. The Labute approximate surface area is 120 Å². The minimum atomic E-state index is -0.933. The van der Waals surface area contributed by atoms with Crippen molar-refractivity contribution in [2.45, 2.75) is 70.9 Å². The number of carboxylic acid groups (broad SMARTS) is 1. The van der Waals surface area contributed by atoms with Gasteiger partial charge in [0.1, 0.15) is 6.54 Å². The van der Waals surface area contributed by atoms with Gasteiger partial charge in [-0.25, -0.2) is 4.79 Å². The molecular formula is C15H26N2O3. The number of nitrogens with one attached hydrogen (secondary N) is 1. The summed E-state index contributed by atoms with van der Waals surface area (Å²) in [5, 5.41) is 12.1. The Morgan fingerprint density at radius 3 is 2.35 bits per heavy atom. The van der Waals surface area contributed by atoms with Crippen molar-refractivity contribution in [2.75, 3.05) is 6.54 Å². The molecule has 5 nitrogen and oxygen atoms in total. The van der Waals surface area contributed by atoms with Gasteiger partial charge in [-0.2, -0.15) is 0 Å². The van der Waals surface area contributed by atoms with Crippen LogP contribution in [0.2, 0.25) is 0 Å². The molecule has 2 fully saturated rings. The van der Waals surface area contributed by atoms with Gasteiger partial charge in [-0.15, -0.1) is 0 Å². The topological polar surface area (TPSA) is 69.6 Å². The van der Waals surface area contributed by atoms with Crippen LogP contribution in [0.4, 0.5) is 4.79 Å². The maximum atomic E-state index is 12.5. The standard InChI is InChI=1S/C15H26N2O3/c1-15(2)9-5-8-12(15)16-14(20)17(10-13(18)19)11-6-3-4-7-11/h11-12H,3-10H2,1-2H3,(H,16,20)(H,18,19). The second-order valence-electron chi connectivity index (χ2n) is 6.84. The molecule has 0 bridgehead atoms. The molecule has 2 saturated carbocycles. The highest BCUT2D eigenvalue weighted by Crippen LogP contribution is 2.37. The Morgan fingerprint density at radius 2 is 1.85 bits per heavy atom. The number of amides is 2. The summed E-state index contributed by atoms with van der Waals surface area (Å²) in [6.45, 7) is 4.15. The Kier molecular flexibility index (Phi) is 4.55. The van der Waals surface area contributed by atoms with Crippen LogP contribution in [0.3, 0.4) is 0 Å². The summed E-state index contributed by atoms with van der Waals surface area (Å²) in [6, 6.07) is 0.0580. The molecule has 2 aliphatic carbocycles. The van der Waals surface area contributed by atoms with Crippen LogP contribution in [0.25, 0.3) is 0 Å². The molecule has 0 radical (unpaired) electrons. The number of carbonyl (C=O) groups excluding carboxylic acids is 1. The molecule has 0 aliphatic heterocycles. The number of nitrogens with zero attached hydrogens (tertiary/aromatic N) is 1. The molecule has 0 heterocycles. The zero-order valence-electron chi connectivity index (χ0n) is 12.5. The Morgan fingerprint density at radius 1 is 1.20 bits per heavy atom. The summed E-state index contributed by atoms with van der Waals surface area (Å²) in [7, 11) is 0. The number of hydrogen-bond acceptors (Lipinski definition) is 2. The summed E-state index contributed by atoms with van der Waals surface area (Å²) in [5.41, 5.74) is 0.111. The van der Waals surface area contributed by atoms with Crippen molar-refractivity contribution in [1.82, 2.24) is 10.2 Å². The average molecular weight is 282 g/mol. The molecule has 2 amide bonds. The molecule has 114 valence electrons. The Hall–Kier alpha value is -1.26. The first-order valence-electron chi connectivity index (χ1n) is 7.69. The van der Waals surface area contributed by atoms with E-state index in [0.29, 0.717) is 0 Å². The van der Waals surface area contributed by atoms with Gasteiger partial charge in [0.2, 0.25) is 0 Å². The van der Waals surface area contributed by atoms with Crippen LogP contribution < -0.4 is 5.32 Å². The van der Waals surface area contributed by atoms with Gasteiger partial charge in [0.15, 0.2) is 0 Å². The third-order valence-electron chi connectivity index (χ3n) is 4.89. The van der Waals surface area contributed by atoms with Crippen LogP contribution >= 0.6 is 0 Å². The van der Waals surface area contributed by atoms with E-state index in [2.05, 4.69) is 19.2 Å². The van der Waals surface area contributed by atoms with Crippen LogP contribution in [0, 0.1) is 5.41 Å². The fourth-order valence-electron chi connectivity index (χ4n) is 3.55. The highest BCUT2D eigenvalue weighted by molar-refractivity contribution is 5.80. The summed E-state index contributed by atoms with van der Waals surface area (Å²) in [4.78, 5) is 25.0. The van der Waals surface area contributed by atoms with E-state index in [9.17, 15) is 9.59 Å². The SMILES string of the molecule is CC1(C)CCCC1NC(=O)N(CC(=O)O)C1CCCC1. The summed E-state index contributed by atoms with van der Waals surface area (Å²) >= 11 is 0. The van der Waals surface area contributed by atoms with Gasteiger partial charge in [0.05, 0.1) is 0 Å². The fraction of sp³-hybridized carbons (Fsp3) is 0.867. The van der Waals surface area contributed by atoms with Crippen molar-refractivity contribution in [3.05, 3.63) is 0 Å². The van der Waals surface area contributed by atoms with Crippen molar-refractivity contribution >= 4 is 12.0 Å². The van der Waals surface area contributed by atoms with E-state index in [0.717, 1.165) is 44.9 Å². The monoisotopic (exact) mass is 282 g/mol. The first-order valence-corrected chi connectivity index (χ1v) is 7.69. The van der Waals surface area contributed by atoms with Gasteiger partial charge < -0.3 is 15.3 Å². The molecule has 0 aromatic rings. The van der Waals surface area contributed by atoms with E-state index >= 15 is 0 Å². The molecule has 2 rings (SSSR count). The van der Waals surface area contributed by atoms with E-state index in [1.807, 2.05) is 0 Å². The third kappa shape index (κ3) is 3.44. The van der Waals surface area contributed by atoms with Crippen molar-refractivity contribution in [2.24, 2.45) is 5.41 Å². The van der Waals surface area contributed by atoms with Gasteiger partial charge in [-0.3, -0.25) is 4.79 Å². The lowest BCUT2D eigenvalue weighted by Crippen LogP contribution is -2.52. The fourth-order valence-corrected chi connectivity index (χ4v) is 3.55. The van der Waals surface area contributed by atoms with Gasteiger partial charge >= 0.3 is 12.0 Å². The van der Waals surface area contributed by atoms with Gasteiger partial charge in [0, 0.05) is 12.1 Å². The highest BCUT2D eigenvalue weighted by Gasteiger charge is 2.37. The van der Waals surface area contributed by atoms with Crippen LogP contribution in [0.15, 0.2) is 0 Å². The largest absolute Gasteiger partial charge is 0.480 e.